The van der Waals surface area contributed by atoms with Crippen LogP contribution in [-0.4, -0.2) is 22.9 Å². The van der Waals surface area contributed by atoms with Crippen LogP contribution < -0.4 is 0 Å². The second-order valence-corrected chi connectivity index (χ2v) is 4.52. The average molecular weight is 202 g/mol. The first kappa shape index (κ1) is 13.9. The number of aliphatic hydroxyl groups excluding tert-OH is 2. The zero-order valence-electron chi connectivity index (χ0n) is 10.0. The molecule has 86 valence electrons. The van der Waals surface area contributed by atoms with Gasteiger partial charge in [0, 0.05) is 6.61 Å². The van der Waals surface area contributed by atoms with E-state index >= 15 is 0 Å². The first-order chi connectivity index (χ1) is 6.56. The molecule has 0 rings (SSSR count). The van der Waals surface area contributed by atoms with Crippen LogP contribution in [0.25, 0.3) is 0 Å². The Kier molecular flexibility index (Phi) is 7.20. The highest BCUT2D eigenvalue weighted by molar-refractivity contribution is 4.71. The van der Waals surface area contributed by atoms with Crippen molar-refractivity contribution in [2.24, 2.45) is 17.8 Å². The Hall–Kier alpha value is -0.0800. The Morgan fingerprint density at radius 3 is 1.86 bits per heavy atom. The molecule has 0 aromatic rings. The fourth-order valence-electron chi connectivity index (χ4n) is 1.82. The van der Waals surface area contributed by atoms with Crippen LogP contribution in [-0.2, 0) is 0 Å². The first-order valence-electron chi connectivity index (χ1n) is 5.85. The van der Waals surface area contributed by atoms with Crippen molar-refractivity contribution in [2.75, 3.05) is 6.61 Å². The minimum Gasteiger partial charge on any atom is -0.396 e. The Morgan fingerprint density at radius 1 is 1.00 bits per heavy atom. The van der Waals surface area contributed by atoms with Crippen LogP contribution in [0.2, 0.25) is 0 Å². The van der Waals surface area contributed by atoms with E-state index in [0.717, 1.165) is 19.3 Å². The van der Waals surface area contributed by atoms with Crippen molar-refractivity contribution in [2.45, 2.75) is 53.1 Å². The van der Waals surface area contributed by atoms with E-state index in [2.05, 4.69) is 20.8 Å². The number of hydrogen-bond donors (Lipinski definition) is 2. The Labute approximate surface area is 88.3 Å². The molecule has 2 heteroatoms. The van der Waals surface area contributed by atoms with Gasteiger partial charge in [-0.3, -0.25) is 0 Å². The predicted octanol–water partition coefficient (Wildman–Crippen LogP) is 2.44. The first-order valence-corrected chi connectivity index (χ1v) is 5.85. The lowest BCUT2D eigenvalue weighted by Crippen LogP contribution is -2.25. The lowest BCUT2D eigenvalue weighted by Gasteiger charge is -2.25. The lowest BCUT2D eigenvalue weighted by atomic mass is 9.85. The van der Waals surface area contributed by atoms with Gasteiger partial charge in [0.05, 0.1) is 6.10 Å². The van der Waals surface area contributed by atoms with E-state index < -0.39 is 0 Å². The molecule has 0 radical (unpaired) electrons. The molecule has 0 aliphatic rings. The van der Waals surface area contributed by atoms with Crippen LogP contribution in [0.15, 0.2) is 0 Å². The molecular formula is C12H26O2. The summed E-state index contributed by atoms with van der Waals surface area (Å²) < 4.78 is 0. The third-order valence-electron chi connectivity index (χ3n) is 3.47. The van der Waals surface area contributed by atoms with Crippen molar-refractivity contribution >= 4 is 0 Å². The summed E-state index contributed by atoms with van der Waals surface area (Å²) in [6.07, 6.45) is 2.69. The summed E-state index contributed by atoms with van der Waals surface area (Å²) in [7, 11) is 0. The molecule has 0 aliphatic heterocycles. The topological polar surface area (TPSA) is 40.5 Å². The Morgan fingerprint density at radius 2 is 1.50 bits per heavy atom. The van der Waals surface area contributed by atoms with Gasteiger partial charge >= 0.3 is 0 Å². The maximum absolute atomic E-state index is 9.94. The van der Waals surface area contributed by atoms with Gasteiger partial charge < -0.3 is 10.2 Å². The Bertz CT molecular complexity index is 132. The fourth-order valence-corrected chi connectivity index (χ4v) is 1.82. The fraction of sp³-hybridized carbons (Fsp3) is 1.00. The summed E-state index contributed by atoms with van der Waals surface area (Å²) in [5, 5.41) is 18.9. The molecule has 0 aromatic carbocycles. The standard InChI is InChI=1S/C12H26O2/c1-5-11(6-2)12(14)7-9(3)10(4)8-13/h9-14H,5-8H2,1-4H3. The van der Waals surface area contributed by atoms with Gasteiger partial charge in [0.2, 0.25) is 0 Å². The van der Waals surface area contributed by atoms with Gasteiger partial charge in [-0.2, -0.15) is 0 Å². The van der Waals surface area contributed by atoms with E-state index in [4.69, 9.17) is 5.11 Å². The summed E-state index contributed by atoms with van der Waals surface area (Å²) in [5.41, 5.74) is 0. The highest BCUT2D eigenvalue weighted by Gasteiger charge is 2.20. The van der Waals surface area contributed by atoms with E-state index in [1.54, 1.807) is 0 Å². The third kappa shape index (κ3) is 4.43. The zero-order valence-corrected chi connectivity index (χ0v) is 10.0. The van der Waals surface area contributed by atoms with Gasteiger partial charge in [-0.15, -0.1) is 0 Å². The van der Waals surface area contributed by atoms with Gasteiger partial charge in [0.25, 0.3) is 0 Å². The van der Waals surface area contributed by atoms with Crippen LogP contribution in [0.5, 0.6) is 0 Å². The van der Waals surface area contributed by atoms with Crippen molar-refractivity contribution < 1.29 is 10.2 Å². The molecular weight excluding hydrogens is 176 g/mol. The van der Waals surface area contributed by atoms with E-state index in [-0.39, 0.29) is 12.7 Å². The van der Waals surface area contributed by atoms with Gasteiger partial charge in [0.1, 0.15) is 0 Å². The van der Waals surface area contributed by atoms with Gasteiger partial charge in [-0.25, -0.2) is 0 Å². The SMILES string of the molecule is CCC(CC)C(O)CC(C)C(C)CO. The summed E-state index contributed by atoms with van der Waals surface area (Å²) in [6, 6.07) is 0. The predicted molar refractivity (Wildman–Crippen MR) is 60.1 cm³/mol. The van der Waals surface area contributed by atoms with Crippen LogP contribution in [0, 0.1) is 17.8 Å². The van der Waals surface area contributed by atoms with Crippen LogP contribution in [0.3, 0.4) is 0 Å². The third-order valence-corrected chi connectivity index (χ3v) is 3.47. The van der Waals surface area contributed by atoms with Crippen molar-refractivity contribution in [3.63, 3.8) is 0 Å². The monoisotopic (exact) mass is 202 g/mol. The second kappa shape index (κ2) is 7.24. The zero-order chi connectivity index (χ0) is 11.1. The number of hydrogen-bond acceptors (Lipinski definition) is 2. The average Bonchev–Trinajstić information content (AvgIpc) is 2.18. The second-order valence-electron chi connectivity index (χ2n) is 4.52. The van der Waals surface area contributed by atoms with E-state index in [9.17, 15) is 5.11 Å². The lowest BCUT2D eigenvalue weighted by molar-refractivity contribution is 0.0630. The van der Waals surface area contributed by atoms with Crippen molar-refractivity contribution in [1.82, 2.24) is 0 Å². The molecule has 2 N–H and O–H groups in total. The molecule has 0 saturated heterocycles. The molecule has 3 unspecified atom stereocenters. The van der Waals surface area contributed by atoms with Gasteiger partial charge in [-0.05, 0) is 24.2 Å². The maximum atomic E-state index is 9.94. The Balaban J connectivity index is 3.96. The summed E-state index contributed by atoms with van der Waals surface area (Å²) in [5.74, 6) is 1.11. The summed E-state index contributed by atoms with van der Waals surface area (Å²) >= 11 is 0. The quantitative estimate of drug-likeness (QED) is 0.665. The normalized spacial score (nSPS) is 18.2. The molecule has 0 aromatic heterocycles. The van der Waals surface area contributed by atoms with Crippen LogP contribution in [0.4, 0.5) is 0 Å². The minimum atomic E-state index is -0.200. The van der Waals surface area contributed by atoms with E-state index in [1.165, 1.54) is 0 Å². The maximum Gasteiger partial charge on any atom is 0.0570 e. The molecule has 0 aliphatic carbocycles. The summed E-state index contributed by atoms with van der Waals surface area (Å²) in [4.78, 5) is 0. The summed E-state index contributed by atoms with van der Waals surface area (Å²) in [6.45, 7) is 8.60. The van der Waals surface area contributed by atoms with Gasteiger partial charge in [-0.1, -0.05) is 40.5 Å². The van der Waals surface area contributed by atoms with Crippen molar-refractivity contribution in [1.29, 1.82) is 0 Å². The smallest absolute Gasteiger partial charge is 0.0570 e. The molecule has 2 nitrogen and oxygen atoms in total. The molecule has 14 heavy (non-hydrogen) atoms. The van der Waals surface area contributed by atoms with Crippen molar-refractivity contribution in [3.05, 3.63) is 0 Å². The molecule has 0 amide bonds. The molecule has 0 bridgehead atoms. The molecule has 0 spiro atoms. The number of rotatable bonds is 7. The van der Waals surface area contributed by atoms with E-state index in [1.807, 2.05) is 6.92 Å². The van der Waals surface area contributed by atoms with E-state index in [0.29, 0.717) is 17.8 Å². The molecule has 0 heterocycles. The minimum absolute atomic E-state index is 0.200. The molecule has 0 fully saturated rings. The molecule has 3 atom stereocenters. The van der Waals surface area contributed by atoms with Crippen LogP contribution in [0.1, 0.15) is 47.0 Å². The molecule has 0 saturated carbocycles. The highest BCUT2D eigenvalue weighted by Crippen LogP contribution is 2.23. The largest absolute Gasteiger partial charge is 0.396 e. The van der Waals surface area contributed by atoms with Crippen molar-refractivity contribution in [3.8, 4) is 0 Å². The van der Waals surface area contributed by atoms with Gasteiger partial charge in [0.15, 0.2) is 0 Å². The highest BCUT2D eigenvalue weighted by atomic mass is 16.3. The van der Waals surface area contributed by atoms with Crippen LogP contribution >= 0.6 is 0 Å². The number of aliphatic hydroxyl groups is 2.